The van der Waals surface area contributed by atoms with Gasteiger partial charge in [0, 0.05) is 5.56 Å². The van der Waals surface area contributed by atoms with E-state index in [9.17, 15) is 19.4 Å². The number of hydrogen-bond acceptors (Lipinski definition) is 3. The van der Waals surface area contributed by atoms with Gasteiger partial charge in [0.1, 0.15) is 5.82 Å². The maximum atomic E-state index is 13.1. The molecule has 100 valence electrons. The van der Waals surface area contributed by atoms with Crippen molar-refractivity contribution in [1.29, 1.82) is 0 Å². The molecule has 18 heavy (non-hydrogen) atoms. The molecule has 5 heteroatoms. The Morgan fingerprint density at radius 3 is 2.44 bits per heavy atom. The van der Waals surface area contributed by atoms with E-state index in [4.69, 9.17) is 0 Å². The lowest BCUT2D eigenvalue weighted by Gasteiger charge is -2.29. The molecule has 1 aromatic carbocycles. The van der Waals surface area contributed by atoms with E-state index in [1.54, 1.807) is 13.8 Å². The molecule has 0 fully saturated rings. The number of aliphatic hydroxyl groups is 2. The smallest absolute Gasteiger partial charge is 0.251 e. The van der Waals surface area contributed by atoms with Crippen LogP contribution in [-0.2, 0) is 0 Å². The molecule has 0 aliphatic rings. The quantitative estimate of drug-likeness (QED) is 0.735. The van der Waals surface area contributed by atoms with Gasteiger partial charge in [-0.15, -0.1) is 0 Å². The standard InChI is InChI=1S/C13H18FNO3/c1-3-13(7-16,8-17)15-12(18)10-4-5-11(14)9(2)6-10/h4-6,16-17H,3,7-8H2,1-2H3,(H,15,18). The van der Waals surface area contributed by atoms with Crippen molar-refractivity contribution >= 4 is 5.91 Å². The lowest BCUT2D eigenvalue weighted by Crippen LogP contribution is -2.53. The zero-order valence-electron chi connectivity index (χ0n) is 10.5. The van der Waals surface area contributed by atoms with Crippen LogP contribution in [0.5, 0.6) is 0 Å². The van der Waals surface area contributed by atoms with E-state index < -0.39 is 11.4 Å². The van der Waals surface area contributed by atoms with E-state index >= 15 is 0 Å². The summed E-state index contributed by atoms with van der Waals surface area (Å²) >= 11 is 0. The van der Waals surface area contributed by atoms with E-state index in [0.717, 1.165) is 0 Å². The van der Waals surface area contributed by atoms with Crippen LogP contribution in [0.2, 0.25) is 0 Å². The molecule has 0 aliphatic carbocycles. The Labute approximate surface area is 105 Å². The van der Waals surface area contributed by atoms with Crippen molar-refractivity contribution in [1.82, 2.24) is 5.32 Å². The molecule has 0 saturated carbocycles. The molecule has 0 aliphatic heterocycles. The van der Waals surface area contributed by atoms with Gasteiger partial charge < -0.3 is 15.5 Å². The van der Waals surface area contributed by atoms with Crippen LogP contribution in [-0.4, -0.2) is 34.9 Å². The molecule has 1 amide bonds. The SMILES string of the molecule is CCC(CO)(CO)NC(=O)c1ccc(F)c(C)c1. The molecule has 0 aromatic heterocycles. The number of nitrogens with one attached hydrogen (secondary N) is 1. The second kappa shape index (κ2) is 5.93. The van der Waals surface area contributed by atoms with Crippen molar-refractivity contribution in [3.63, 3.8) is 0 Å². The second-order valence-electron chi connectivity index (χ2n) is 4.37. The predicted octanol–water partition coefficient (Wildman–Crippen LogP) is 0.997. The molecule has 0 heterocycles. The Bertz CT molecular complexity index is 422. The van der Waals surface area contributed by atoms with Crippen LogP contribution in [0, 0.1) is 12.7 Å². The number of rotatable bonds is 5. The van der Waals surface area contributed by atoms with Gasteiger partial charge in [-0.1, -0.05) is 6.92 Å². The van der Waals surface area contributed by atoms with Crippen LogP contribution in [0.15, 0.2) is 18.2 Å². The van der Waals surface area contributed by atoms with Crippen LogP contribution >= 0.6 is 0 Å². The summed E-state index contributed by atoms with van der Waals surface area (Å²) in [7, 11) is 0. The molecular weight excluding hydrogens is 237 g/mol. The van der Waals surface area contributed by atoms with Gasteiger partial charge in [-0.3, -0.25) is 4.79 Å². The predicted molar refractivity (Wildman–Crippen MR) is 65.8 cm³/mol. The van der Waals surface area contributed by atoms with Crippen molar-refractivity contribution < 1.29 is 19.4 Å². The summed E-state index contributed by atoms with van der Waals surface area (Å²) in [6, 6.07) is 4.02. The fourth-order valence-electron chi connectivity index (χ4n) is 1.54. The van der Waals surface area contributed by atoms with E-state index in [0.29, 0.717) is 17.5 Å². The van der Waals surface area contributed by atoms with E-state index in [1.165, 1.54) is 18.2 Å². The van der Waals surface area contributed by atoms with E-state index in [-0.39, 0.29) is 19.0 Å². The summed E-state index contributed by atoms with van der Waals surface area (Å²) < 4.78 is 13.1. The zero-order chi connectivity index (χ0) is 13.8. The third kappa shape index (κ3) is 3.05. The lowest BCUT2D eigenvalue weighted by molar-refractivity contribution is 0.0653. The molecule has 4 nitrogen and oxygen atoms in total. The first-order valence-corrected chi connectivity index (χ1v) is 5.78. The normalized spacial score (nSPS) is 11.4. The Morgan fingerprint density at radius 1 is 1.39 bits per heavy atom. The number of aliphatic hydroxyl groups excluding tert-OH is 2. The summed E-state index contributed by atoms with van der Waals surface area (Å²) in [6.45, 7) is 2.61. The van der Waals surface area contributed by atoms with Crippen molar-refractivity contribution in [3.8, 4) is 0 Å². The Balaban J connectivity index is 2.90. The Kier molecular flexibility index (Phi) is 4.81. The number of benzene rings is 1. The van der Waals surface area contributed by atoms with Crippen molar-refractivity contribution in [2.45, 2.75) is 25.8 Å². The largest absolute Gasteiger partial charge is 0.394 e. The van der Waals surface area contributed by atoms with Gasteiger partial charge in [0.25, 0.3) is 5.91 Å². The molecule has 1 aromatic rings. The van der Waals surface area contributed by atoms with Gasteiger partial charge in [0.2, 0.25) is 0 Å². The van der Waals surface area contributed by atoms with Gasteiger partial charge in [0.05, 0.1) is 18.8 Å². The monoisotopic (exact) mass is 255 g/mol. The van der Waals surface area contributed by atoms with Crippen molar-refractivity contribution in [3.05, 3.63) is 35.1 Å². The summed E-state index contributed by atoms with van der Waals surface area (Å²) in [5.41, 5.74) is -0.370. The molecule has 1 rings (SSSR count). The third-order valence-electron chi connectivity index (χ3n) is 3.08. The molecule has 0 bridgehead atoms. The first kappa shape index (κ1) is 14.6. The minimum Gasteiger partial charge on any atom is -0.394 e. The molecule has 0 saturated heterocycles. The molecule has 0 atom stereocenters. The number of aryl methyl sites for hydroxylation is 1. The molecule has 0 spiro atoms. The van der Waals surface area contributed by atoms with Crippen LogP contribution in [0.1, 0.15) is 29.3 Å². The fourth-order valence-corrected chi connectivity index (χ4v) is 1.54. The van der Waals surface area contributed by atoms with Gasteiger partial charge in [0.15, 0.2) is 0 Å². The Morgan fingerprint density at radius 2 is 2.00 bits per heavy atom. The van der Waals surface area contributed by atoms with E-state index in [1.807, 2.05) is 0 Å². The van der Waals surface area contributed by atoms with Crippen LogP contribution in [0.25, 0.3) is 0 Å². The van der Waals surface area contributed by atoms with Gasteiger partial charge in [-0.05, 0) is 37.1 Å². The van der Waals surface area contributed by atoms with E-state index in [2.05, 4.69) is 5.32 Å². The maximum absolute atomic E-state index is 13.1. The number of halogens is 1. The van der Waals surface area contributed by atoms with Gasteiger partial charge in [-0.2, -0.15) is 0 Å². The summed E-state index contributed by atoms with van der Waals surface area (Å²) in [5, 5.41) is 21.1. The number of hydrogen-bond donors (Lipinski definition) is 3. The topological polar surface area (TPSA) is 69.6 Å². The van der Waals surface area contributed by atoms with Crippen molar-refractivity contribution in [2.24, 2.45) is 0 Å². The number of carbonyl (C=O) groups is 1. The average Bonchev–Trinajstić information content (AvgIpc) is 2.39. The van der Waals surface area contributed by atoms with Crippen molar-refractivity contribution in [2.75, 3.05) is 13.2 Å². The first-order chi connectivity index (χ1) is 8.48. The second-order valence-corrected chi connectivity index (χ2v) is 4.37. The lowest BCUT2D eigenvalue weighted by atomic mass is 9.97. The summed E-state index contributed by atoms with van der Waals surface area (Å²) in [6.07, 6.45) is 0.395. The average molecular weight is 255 g/mol. The zero-order valence-corrected chi connectivity index (χ0v) is 10.5. The highest BCUT2D eigenvalue weighted by Crippen LogP contribution is 2.13. The Hall–Kier alpha value is -1.46. The summed E-state index contributed by atoms with van der Waals surface area (Å²) in [5.74, 6) is -0.819. The highest BCUT2D eigenvalue weighted by molar-refractivity contribution is 5.94. The number of carbonyl (C=O) groups excluding carboxylic acids is 1. The fraction of sp³-hybridized carbons (Fsp3) is 0.462. The minimum absolute atomic E-state index is 0.300. The molecule has 0 radical (unpaired) electrons. The van der Waals surface area contributed by atoms with Gasteiger partial charge in [-0.25, -0.2) is 4.39 Å². The highest BCUT2D eigenvalue weighted by Gasteiger charge is 2.28. The first-order valence-electron chi connectivity index (χ1n) is 5.78. The van der Waals surface area contributed by atoms with Crippen LogP contribution < -0.4 is 5.32 Å². The number of amides is 1. The highest BCUT2D eigenvalue weighted by atomic mass is 19.1. The van der Waals surface area contributed by atoms with Gasteiger partial charge >= 0.3 is 0 Å². The molecular formula is C13H18FNO3. The third-order valence-corrected chi connectivity index (χ3v) is 3.08. The van der Waals surface area contributed by atoms with Crippen LogP contribution in [0.4, 0.5) is 4.39 Å². The summed E-state index contributed by atoms with van der Waals surface area (Å²) in [4.78, 5) is 11.9. The molecule has 3 N–H and O–H groups in total. The van der Waals surface area contributed by atoms with Crippen LogP contribution in [0.3, 0.4) is 0 Å². The molecule has 0 unspecified atom stereocenters. The maximum Gasteiger partial charge on any atom is 0.251 e. The minimum atomic E-state index is -1.04.